The molecule has 1 aliphatic rings. The first-order valence-electron chi connectivity index (χ1n) is 10.1. The van der Waals surface area contributed by atoms with Gasteiger partial charge < -0.3 is 13.9 Å². The lowest BCUT2D eigenvalue weighted by Gasteiger charge is -2.28. The number of anilines is 1. The Balaban J connectivity index is 1.61. The number of hydrogen-bond donors (Lipinski definition) is 0. The third-order valence-corrected chi connectivity index (χ3v) is 5.63. The summed E-state index contributed by atoms with van der Waals surface area (Å²) < 4.78 is 9.64. The summed E-state index contributed by atoms with van der Waals surface area (Å²) in [5.41, 5.74) is 0.0501. The fourth-order valence-electron chi connectivity index (χ4n) is 4.07. The van der Waals surface area contributed by atoms with Crippen molar-refractivity contribution in [1.82, 2.24) is 18.7 Å². The van der Waals surface area contributed by atoms with Gasteiger partial charge in [0.15, 0.2) is 16.9 Å². The van der Waals surface area contributed by atoms with E-state index < -0.39 is 11.2 Å². The molecule has 4 aromatic rings. The molecule has 4 heterocycles. The second kappa shape index (κ2) is 7.42. The maximum atomic E-state index is 13.3. The van der Waals surface area contributed by atoms with E-state index in [-0.39, 0.29) is 12.3 Å². The number of fused-ring (bicyclic) bond motifs is 3. The van der Waals surface area contributed by atoms with Gasteiger partial charge in [-0.1, -0.05) is 30.3 Å². The Morgan fingerprint density at radius 3 is 2.65 bits per heavy atom. The number of hydrogen-bond acceptors (Lipinski definition) is 6. The Hall–Kier alpha value is -3.88. The highest BCUT2D eigenvalue weighted by molar-refractivity contribution is 5.95. The van der Waals surface area contributed by atoms with Crippen LogP contribution in [0.4, 0.5) is 5.95 Å². The molecule has 0 unspecified atom stereocenters. The summed E-state index contributed by atoms with van der Waals surface area (Å²) in [6.07, 6.45) is 2.44. The van der Waals surface area contributed by atoms with Gasteiger partial charge in [0.2, 0.25) is 5.95 Å². The van der Waals surface area contributed by atoms with E-state index in [9.17, 15) is 14.4 Å². The monoisotopic (exact) mass is 419 g/mol. The predicted molar refractivity (Wildman–Crippen MR) is 114 cm³/mol. The molecule has 0 radical (unpaired) electrons. The van der Waals surface area contributed by atoms with Crippen molar-refractivity contribution in [3.05, 3.63) is 80.9 Å². The minimum atomic E-state index is -0.560. The lowest BCUT2D eigenvalue weighted by Crippen LogP contribution is -2.41. The zero-order valence-corrected chi connectivity index (χ0v) is 17.0. The van der Waals surface area contributed by atoms with Gasteiger partial charge in [0.25, 0.3) is 5.56 Å². The van der Waals surface area contributed by atoms with Crippen LogP contribution in [-0.2, 0) is 26.7 Å². The molecule has 31 heavy (non-hydrogen) atoms. The Morgan fingerprint density at radius 2 is 1.90 bits per heavy atom. The molecule has 0 fully saturated rings. The number of carbonyl (C=O) groups excluding carboxylic acids is 1. The smallest absolute Gasteiger partial charge is 0.332 e. The van der Waals surface area contributed by atoms with Crippen molar-refractivity contribution in [2.24, 2.45) is 7.05 Å². The second-order valence-corrected chi connectivity index (χ2v) is 7.61. The lowest BCUT2D eigenvalue weighted by molar-refractivity contribution is 0.0969. The number of ketones is 1. The molecule has 5 rings (SSSR count). The maximum absolute atomic E-state index is 13.3. The molecule has 0 aliphatic carbocycles. The normalized spacial score (nSPS) is 13.5. The van der Waals surface area contributed by atoms with Gasteiger partial charge in [-0.2, -0.15) is 4.98 Å². The van der Waals surface area contributed by atoms with Gasteiger partial charge in [-0.15, -0.1) is 0 Å². The average molecular weight is 419 g/mol. The molecule has 9 nitrogen and oxygen atoms in total. The van der Waals surface area contributed by atoms with Crippen molar-refractivity contribution in [3.63, 3.8) is 0 Å². The molecule has 0 spiro atoms. The lowest BCUT2D eigenvalue weighted by atomic mass is 10.1. The highest BCUT2D eigenvalue weighted by atomic mass is 16.3. The first kappa shape index (κ1) is 19.1. The zero-order valence-electron chi connectivity index (χ0n) is 17.0. The van der Waals surface area contributed by atoms with E-state index in [1.807, 2.05) is 21.6 Å². The molecule has 1 aliphatic heterocycles. The SMILES string of the molecule is Cn1c(=O)n(CC(=O)c2ccccc2)c(=O)c2c1nc1n2CCCN1Cc1ccco1. The Kier molecular flexibility index (Phi) is 4.58. The van der Waals surface area contributed by atoms with Crippen molar-refractivity contribution in [3.8, 4) is 0 Å². The summed E-state index contributed by atoms with van der Waals surface area (Å²) in [7, 11) is 1.57. The number of furan rings is 1. The number of aromatic nitrogens is 4. The molecule has 1 aromatic carbocycles. The zero-order chi connectivity index (χ0) is 21.5. The Labute approximate surface area is 176 Å². The summed E-state index contributed by atoms with van der Waals surface area (Å²) >= 11 is 0. The number of benzene rings is 1. The highest BCUT2D eigenvalue weighted by Crippen LogP contribution is 2.25. The van der Waals surface area contributed by atoms with E-state index in [0.717, 1.165) is 23.3 Å². The van der Waals surface area contributed by atoms with Crippen LogP contribution >= 0.6 is 0 Å². The van der Waals surface area contributed by atoms with Gasteiger partial charge in [0, 0.05) is 25.7 Å². The number of carbonyl (C=O) groups is 1. The molecule has 0 N–H and O–H groups in total. The second-order valence-electron chi connectivity index (χ2n) is 7.61. The molecular weight excluding hydrogens is 398 g/mol. The van der Waals surface area contributed by atoms with Crippen molar-refractivity contribution in [2.75, 3.05) is 11.4 Å². The average Bonchev–Trinajstić information content (AvgIpc) is 3.44. The van der Waals surface area contributed by atoms with E-state index in [2.05, 4.69) is 4.98 Å². The molecule has 9 heteroatoms. The molecule has 0 saturated carbocycles. The van der Waals surface area contributed by atoms with Crippen LogP contribution in [0.5, 0.6) is 0 Å². The fourth-order valence-corrected chi connectivity index (χ4v) is 4.07. The van der Waals surface area contributed by atoms with E-state index >= 15 is 0 Å². The van der Waals surface area contributed by atoms with Crippen LogP contribution < -0.4 is 16.1 Å². The minimum Gasteiger partial charge on any atom is -0.467 e. The van der Waals surface area contributed by atoms with Gasteiger partial charge in [0.05, 0.1) is 19.4 Å². The fraction of sp³-hybridized carbons (Fsp3) is 0.273. The summed E-state index contributed by atoms with van der Waals surface area (Å²) in [6, 6.07) is 12.4. The highest BCUT2D eigenvalue weighted by Gasteiger charge is 2.27. The number of rotatable bonds is 5. The number of Topliss-reactive ketones (excluding diaryl/α,β-unsaturated/α-hetero) is 1. The number of nitrogens with zero attached hydrogens (tertiary/aromatic N) is 5. The largest absolute Gasteiger partial charge is 0.467 e. The van der Waals surface area contributed by atoms with Gasteiger partial charge in [-0.05, 0) is 18.6 Å². The van der Waals surface area contributed by atoms with Crippen LogP contribution in [0.15, 0.2) is 62.7 Å². The van der Waals surface area contributed by atoms with Crippen LogP contribution in [0, 0.1) is 0 Å². The number of aryl methyl sites for hydroxylation is 2. The van der Waals surface area contributed by atoms with E-state index in [4.69, 9.17) is 4.42 Å². The van der Waals surface area contributed by atoms with E-state index in [0.29, 0.717) is 35.8 Å². The summed E-state index contributed by atoms with van der Waals surface area (Å²) in [6.45, 7) is 1.58. The van der Waals surface area contributed by atoms with E-state index in [1.54, 1.807) is 43.6 Å². The van der Waals surface area contributed by atoms with E-state index in [1.165, 1.54) is 4.57 Å². The Bertz CT molecular complexity index is 1380. The van der Waals surface area contributed by atoms with Crippen molar-refractivity contribution >= 4 is 22.9 Å². The maximum Gasteiger partial charge on any atom is 0.332 e. The van der Waals surface area contributed by atoms with Crippen LogP contribution in [0.3, 0.4) is 0 Å². The molecule has 0 saturated heterocycles. The molecular formula is C22H21N5O4. The van der Waals surface area contributed by atoms with Gasteiger partial charge in [0.1, 0.15) is 5.76 Å². The summed E-state index contributed by atoms with van der Waals surface area (Å²) in [4.78, 5) is 45.6. The van der Waals surface area contributed by atoms with Gasteiger partial charge >= 0.3 is 5.69 Å². The standard InChI is InChI=1S/C22H21N5O4/c1-24-19-18(20(29)27(22(24)30)14-17(28)15-7-3-2-4-8-15)26-11-6-10-25(21(26)23-19)13-16-9-5-12-31-16/h2-5,7-9,12H,6,10-11,13-14H2,1H3. The minimum absolute atomic E-state index is 0.294. The quantitative estimate of drug-likeness (QED) is 0.458. The topological polar surface area (TPSA) is 95.3 Å². The Morgan fingerprint density at radius 1 is 1.10 bits per heavy atom. The first-order valence-corrected chi connectivity index (χ1v) is 10.1. The molecule has 0 bridgehead atoms. The van der Waals surface area contributed by atoms with Crippen LogP contribution in [-0.4, -0.2) is 31.0 Å². The summed E-state index contributed by atoms with van der Waals surface area (Å²) in [5, 5.41) is 0. The summed E-state index contributed by atoms with van der Waals surface area (Å²) in [5.74, 6) is 1.12. The predicted octanol–water partition coefficient (Wildman–Crippen LogP) is 1.78. The van der Waals surface area contributed by atoms with Crippen LogP contribution in [0.1, 0.15) is 22.5 Å². The van der Waals surface area contributed by atoms with Crippen molar-refractivity contribution in [1.29, 1.82) is 0 Å². The molecule has 0 atom stereocenters. The molecule has 158 valence electrons. The van der Waals surface area contributed by atoms with Crippen LogP contribution in [0.2, 0.25) is 0 Å². The van der Waals surface area contributed by atoms with Crippen molar-refractivity contribution < 1.29 is 9.21 Å². The van der Waals surface area contributed by atoms with Gasteiger partial charge in [-0.25, -0.2) is 4.79 Å². The van der Waals surface area contributed by atoms with Crippen LogP contribution in [0.25, 0.3) is 11.2 Å². The molecule has 3 aromatic heterocycles. The molecule has 0 amide bonds. The van der Waals surface area contributed by atoms with Gasteiger partial charge in [-0.3, -0.25) is 18.7 Å². The third kappa shape index (κ3) is 3.18. The third-order valence-electron chi connectivity index (χ3n) is 5.63. The van der Waals surface area contributed by atoms with Crippen molar-refractivity contribution in [2.45, 2.75) is 26.1 Å². The first-order chi connectivity index (χ1) is 15.0. The number of imidazole rings is 1.